The standard InChI is InChI=1S/C12H12ClN3O/c1-2-16-6-5-15-12(16)11(17)9-7-8(14)3-4-10(9)13/h3-7H,2,14H2,1H3. The first-order valence-corrected chi connectivity index (χ1v) is 5.62. The van der Waals surface area contributed by atoms with Gasteiger partial charge in [-0.1, -0.05) is 11.6 Å². The van der Waals surface area contributed by atoms with Crippen LogP contribution in [0.2, 0.25) is 5.02 Å². The van der Waals surface area contributed by atoms with Crippen LogP contribution in [-0.2, 0) is 6.54 Å². The Morgan fingerprint density at radius 2 is 2.29 bits per heavy atom. The molecule has 0 aliphatic heterocycles. The fraction of sp³-hybridized carbons (Fsp3) is 0.167. The zero-order valence-electron chi connectivity index (χ0n) is 9.35. The highest BCUT2D eigenvalue weighted by molar-refractivity contribution is 6.34. The molecule has 0 bridgehead atoms. The van der Waals surface area contributed by atoms with Gasteiger partial charge in [0.25, 0.3) is 0 Å². The molecule has 1 heterocycles. The molecule has 0 spiro atoms. The molecule has 0 unspecified atom stereocenters. The Morgan fingerprint density at radius 3 is 3.00 bits per heavy atom. The van der Waals surface area contributed by atoms with Crippen LogP contribution in [0.5, 0.6) is 0 Å². The summed E-state index contributed by atoms with van der Waals surface area (Å²) in [5.74, 6) is 0.161. The van der Waals surface area contributed by atoms with Crippen LogP contribution in [0.15, 0.2) is 30.6 Å². The van der Waals surface area contributed by atoms with Crippen molar-refractivity contribution in [2.24, 2.45) is 0 Å². The van der Waals surface area contributed by atoms with Crippen LogP contribution in [0.4, 0.5) is 5.69 Å². The number of imidazole rings is 1. The van der Waals surface area contributed by atoms with Crippen molar-refractivity contribution >= 4 is 23.1 Å². The molecule has 0 fully saturated rings. The second-order valence-electron chi connectivity index (χ2n) is 3.61. The first-order chi connectivity index (χ1) is 8.13. The minimum absolute atomic E-state index is 0.214. The van der Waals surface area contributed by atoms with Crippen LogP contribution < -0.4 is 5.73 Å². The third kappa shape index (κ3) is 2.17. The number of halogens is 1. The van der Waals surface area contributed by atoms with Gasteiger partial charge in [0.15, 0.2) is 5.82 Å². The number of aromatic nitrogens is 2. The summed E-state index contributed by atoms with van der Waals surface area (Å²) in [6.07, 6.45) is 3.35. The summed E-state index contributed by atoms with van der Waals surface area (Å²) in [6, 6.07) is 4.84. The average Bonchev–Trinajstić information content (AvgIpc) is 2.79. The van der Waals surface area contributed by atoms with Gasteiger partial charge in [-0.2, -0.15) is 0 Å². The fourth-order valence-electron chi connectivity index (χ4n) is 1.61. The van der Waals surface area contributed by atoms with Gasteiger partial charge < -0.3 is 10.3 Å². The Morgan fingerprint density at radius 1 is 1.53 bits per heavy atom. The zero-order valence-corrected chi connectivity index (χ0v) is 10.1. The van der Waals surface area contributed by atoms with Crippen LogP contribution >= 0.6 is 11.6 Å². The van der Waals surface area contributed by atoms with Crippen LogP contribution in [-0.4, -0.2) is 15.3 Å². The number of nitrogens with two attached hydrogens (primary N) is 1. The van der Waals surface area contributed by atoms with Gasteiger partial charge in [0.05, 0.1) is 5.02 Å². The Bertz CT molecular complexity index is 563. The lowest BCUT2D eigenvalue weighted by Gasteiger charge is -2.06. The first-order valence-electron chi connectivity index (χ1n) is 5.24. The van der Waals surface area contributed by atoms with E-state index in [1.807, 2.05) is 6.92 Å². The third-order valence-corrected chi connectivity index (χ3v) is 2.82. The molecule has 0 atom stereocenters. The van der Waals surface area contributed by atoms with Crippen molar-refractivity contribution in [2.75, 3.05) is 5.73 Å². The van der Waals surface area contributed by atoms with E-state index in [0.29, 0.717) is 28.6 Å². The van der Waals surface area contributed by atoms with Gasteiger partial charge >= 0.3 is 0 Å². The van der Waals surface area contributed by atoms with Gasteiger partial charge in [0.2, 0.25) is 5.78 Å². The maximum Gasteiger partial charge on any atom is 0.230 e. The summed E-state index contributed by atoms with van der Waals surface area (Å²) >= 11 is 5.99. The van der Waals surface area contributed by atoms with E-state index < -0.39 is 0 Å². The van der Waals surface area contributed by atoms with Crippen molar-refractivity contribution in [1.29, 1.82) is 0 Å². The Hall–Kier alpha value is -1.81. The highest BCUT2D eigenvalue weighted by Gasteiger charge is 2.17. The highest BCUT2D eigenvalue weighted by atomic mass is 35.5. The molecule has 0 saturated heterocycles. The zero-order chi connectivity index (χ0) is 12.4. The maximum absolute atomic E-state index is 12.2. The molecule has 2 rings (SSSR count). The number of anilines is 1. The molecule has 0 amide bonds. The van der Waals surface area contributed by atoms with E-state index in [-0.39, 0.29) is 5.78 Å². The molecule has 4 nitrogen and oxygen atoms in total. The van der Waals surface area contributed by atoms with E-state index >= 15 is 0 Å². The number of hydrogen-bond acceptors (Lipinski definition) is 3. The second-order valence-corrected chi connectivity index (χ2v) is 4.01. The van der Waals surface area contributed by atoms with Gasteiger partial charge in [-0.25, -0.2) is 4.98 Å². The number of nitrogens with zero attached hydrogens (tertiary/aromatic N) is 2. The predicted molar refractivity (Wildman–Crippen MR) is 67.2 cm³/mol. The lowest BCUT2D eigenvalue weighted by atomic mass is 10.1. The SMILES string of the molecule is CCn1ccnc1C(=O)c1cc(N)ccc1Cl. The van der Waals surface area contributed by atoms with Gasteiger partial charge in [-0.05, 0) is 25.1 Å². The molecule has 0 aliphatic rings. The minimum atomic E-state index is -0.214. The summed E-state index contributed by atoms with van der Waals surface area (Å²) < 4.78 is 1.77. The van der Waals surface area contributed by atoms with Crippen LogP contribution in [0, 0.1) is 0 Å². The van der Waals surface area contributed by atoms with Crippen LogP contribution in [0.25, 0.3) is 0 Å². The van der Waals surface area contributed by atoms with Gasteiger partial charge in [0, 0.05) is 30.2 Å². The van der Waals surface area contributed by atoms with Crippen molar-refractivity contribution in [3.8, 4) is 0 Å². The number of ketones is 1. The highest BCUT2D eigenvalue weighted by Crippen LogP contribution is 2.21. The molecule has 1 aromatic carbocycles. The molecule has 5 heteroatoms. The third-order valence-electron chi connectivity index (χ3n) is 2.49. The monoisotopic (exact) mass is 249 g/mol. The van der Waals surface area contributed by atoms with Crippen molar-refractivity contribution in [3.05, 3.63) is 47.0 Å². The average molecular weight is 250 g/mol. The van der Waals surface area contributed by atoms with E-state index in [2.05, 4.69) is 4.98 Å². The van der Waals surface area contributed by atoms with Gasteiger partial charge in [-0.15, -0.1) is 0 Å². The summed E-state index contributed by atoms with van der Waals surface area (Å²) in [4.78, 5) is 16.3. The molecule has 0 aliphatic carbocycles. The topological polar surface area (TPSA) is 60.9 Å². The van der Waals surface area contributed by atoms with E-state index in [0.717, 1.165) is 0 Å². The number of rotatable bonds is 3. The quantitative estimate of drug-likeness (QED) is 0.671. The number of benzene rings is 1. The predicted octanol–water partition coefficient (Wildman–Crippen LogP) is 2.37. The lowest BCUT2D eigenvalue weighted by Crippen LogP contribution is -2.11. The molecular weight excluding hydrogens is 238 g/mol. The van der Waals surface area contributed by atoms with Crippen molar-refractivity contribution in [2.45, 2.75) is 13.5 Å². The summed E-state index contributed by atoms with van der Waals surface area (Å²) in [5.41, 5.74) is 6.54. The number of carbonyl (C=O) groups is 1. The van der Waals surface area contributed by atoms with Crippen molar-refractivity contribution in [3.63, 3.8) is 0 Å². The Balaban J connectivity index is 2.47. The van der Waals surface area contributed by atoms with Gasteiger partial charge in [-0.3, -0.25) is 4.79 Å². The van der Waals surface area contributed by atoms with E-state index in [1.165, 1.54) is 0 Å². The summed E-state index contributed by atoms with van der Waals surface area (Å²) in [5, 5.41) is 0.384. The van der Waals surface area contributed by atoms with Crippen LogP contribution in [0.3, 0.4) is 0 Å². The molecule has 2 N–H and O–H groups in total. The lowest BCUT2D eigenvalue weighted by molar-refractivity contribution is 0.102. The molecule has 17 heavy (non-hydrogen) atoms. The Labute approximate surface area is 104 Å². The van der Waals surface area contributed by atoms with Crippen molar-refractivity contribution < 1.29 is 4.79 Å². The molecule has 1 aromatic heterocycles. The molecule has 0 saturated carbocycles. The molecule has 88 valence electrons. The smallest absolute Gasteiger partial charge is 0.230 e. The van der Waals surface area contributed by atoms with Crippen molar-refractivity contribution in [1.82, 2.24) is 9.55 Å². The minimum Gasteiger partial charge on any atom is -0.399 e. The Kier molecular flexibility index (Phi) is 3.15. The van der Waals surface area contributed by atoms with Crippen LogP contribution in [0.1, 0.15) is 23.1 Å². The number of hydrogen-bond donors (Lipinski definition) is 1. The number of nitrogen functional groups attached to an aromatic ring is 1. The summed E-state index contributed by atoms with van der Waals surface area (Å²) in [7, 11) is 0. The van der Waals surface area contributed by atoms with E-state index in [1.54, 1.807) is 35.2 Å². The normalized spacial score (nSPS) is 10.5. The summed E-state index contributed by atoms with van der Waals surface area (Å²) in [6.45, 7) is 2.63. The number of aryl methyl sites for hydroxylation is 1. The number of carbonyl (C=O) groups excluding carboxylic acids is 1. The molecule has 0 radical (unpaired) electrons. The second kappa shape index (κ2) is 4.59. The van der Waals surface area contributed by atoms with E-state index in [4.69, 9.17) is 17.3 Å². The molecular formula is C12H12ClN3O. The largest absolute Gasteiger partial charge is 0.399 e. The first kappa shape index (κ1) is 11.7. The van der Waals surface area contributed by atoms with E-state index in [9.17, 15) is 4.79 Å². The van der Waals surface area contributed by atoms with Gasteiger partial charge in [0.1, 0.15) is 0 Å². The maximum atomic E-state index is 12.2. The molecule has 2 aromatic rings. The fourth-order valence-corrected chi connectivity index (χ4v) is 1.81.